The Morgan fingerprint density at radius 1 is 1.62 bits per heavy atom. The molecule has 3 amide bonds. The van der Waals surface area contributed by atoms with Gasteiger partial charge >= 0.3 is 0 Å². The highest BCUT2D eigenvalue weighted by Gasteiger charge is 2.31. The largest absolute Gasteiger partial charge is 0.369 e. The average Bonchev–Trinajstić information content (AvgIpc) is 1.98. The van der Waals surface area contributed by atoms with E-state index in [-0.39, 0.29) is 12.3 Å². The third-order valence-corrected chi connectivity index (χ3v) is 1.30. The Bertz CT molecular complexity index is 312. The summed E-state index contributed by atoms with van der Waals surface area (Å²) in [5.74, 6) is -3.29. The first-order chi connectivity index (χ1) is 6.00. The summed E-state index contributed by atoms with van der Waals surface area (Å²) < 4.78 is 12.5. The first-order valence-electron chi connectivity index (χ1n) is 3.35. The van der Waals surface area contributed by atoms with E-state index in [2.05, 4.69) is 4.99 Å². The molecule has 7 heteroatoms. The van der Waals surface area contributed by atoms with E-state index in [1.165, 1.54) is 0 Å². The van der Waals surface area contributed by atoms with Crippen LogP contribution in [-0.4, -0.2) is 29.7 Å². The Balaban J connectivity index is 2.79. The second-order valence-corrected chi connectivity index (χ2v) is 2.39. The van der Waals surface area contributed by atoms with Crippen LogP contribution in [0.25, 0.3) is 0 Å². The van der Waals surface area contributed by atoms with Crippen molar-refractivity contribution < 1.29 is 18.8 Å². The molecule has 0 aliphatic carbocycles. The number of rotatable bonds is 2. The molecular weight excluding hydrogens is 181 g/mol. The zero-order valence-corrected chi connectivity index (χ0v) is 6.41. The van der Waals surface area contributed by atoms with Gasteiger partial charge in [0, 0.05) is 0 Å². The lowest BCUT2D eigenvalue weighted by molar-refractivity contribution is -0.134. The molecule has 0 bridgehead atoms. The molecule has 0 aromatic carbocycles. The maximum Gasteiger partial charge on any atom is 0.291 e. The van der Waals surface area contributed by atoms with E-state index >= 15 is 0 Å². The van der Waals surface area contributed by atoms with Gasteiger partial charge in [-0.1, -0.05) is 0 Å². The Hall–Kier alpha value is -1.79. The van der Waals surface area contributed by atoms with E-state index < -0.39 is 23.9 Å². The van der Waals surface area contributed by atoms with Gasteiger partial charge in [0.2, 0.25) is 5.91 Å². The molecule has 0 fully saturated rings. The number of hydrogen-bond acceptors (Lipinski definition) is 3. The van der Waals surface area contributed by atoms with Crippen LogP contribution in [0.4, 0.5) is 4.39 Å². The number of carbonyl (C=O) groups excluding carboxylic acids is 3. The Labute approximate surface area is 72.0 Å². The molecule has 0 aromatic rings. The van der Waals surface area contributed by atoms with Gasteiger partial charge in [-0.3, -0.25) is 14.4 Å². The third-order valence-electron chi connectivity index (χ3n) is 1.30. The number of amides is 3. The predicted octanol–water partition coefficient (Wildman–Crippen LogP) is -1.75. The lowest BCUT2D eigenvalue weighted by Gasteiger charge is -2.13. The first-order valence-corrected chi connectivity index (χ1v) is 3.35. The van der Waals surface area contributed by atoms with Gasteiger partial charge in [0.15, 0.2) is 0 Å². The number of hydrogen-bond donors (Lipinski definition) is 2. The zero-order valence-electron chi connectivity index (χ0n) is 6.41. The summed E-state index contributed by atoms with van der Waals surface area (Å²) in [6.07, 6.45) is -2.67. The molecule has 13 heavy (non-hydrogen) atoms. The first kappa shape index (κ1) is 9.30. The van der Waals surface area contributed by atoms with Crippen LogP contribution in [0, 0.1) is 0 Å². The molecule has 0 radical (unpaired) electrons. The smallest absolute Gasteiger partial charge is 0.291 e. The molecule has 3 N–H and O–H groups in total. The van der Waals surface area contributed by atoms with Crippen molar-refractivity contribution in [3.63, 3.8) is 0 Å². The molecule has 1 unspecified atom stereocenters. The molecule has 6 nitrogen and oxygen atoms in total. The molecule has 0 saturated heterocycles. The van der Waals surface area contributed by atoms with E-state index in [0.29, 0.717) is 0 Å². The number of carbonyl (C=O) groups is 3. The van der Waals surface area contributed by atoms with E-state index in [1.54, 1.807) is 0 Å². The van der Waals surface area contributed by atoms with Crippen molar-refractivity contribution in [2.45, 2.75) is 12.6 Å². The maximum absolute atomic E-state index is 12.5. The standard InChI is InChI=1S/C6H6FN3O3/c7-4-5(12)9-3(1-2(8)11)10-6(4)13/h4H,1H2,(H2,8,11)(H,9,10,12,13). The highest BCUT2D eigenvalue weighted by molar-refractivity contribution is 6.20. The molecule has 70 valence electrons. The van der Waals surface area contributed by atoms with Gasteiger partial charge in [-0.25, -0.2) is 4.39 Å². The van der Waals surface area contributed by atoms with Crippen molar-refractivity contribution in [2.24, 2.45) is 10.7 Å². The summed E-state index contributed by atoms with van der Waals surface area (Å²) >= 11 is 0. The van der Waals surface area contributed by atoms with E-state index in [9.17, 15) is 18.8 Å². The Morgan fingerprint density at radius 3 is 2.69 bits per heavy atom. The fourth-order valence-electron chi connectivity index (χ4n) is 0.784. The van der Waals surface area contributed by atoms with Crippen LogP contribution in [-0.2, 0) is 14.4 Å². The van der Waals surface area contributed by atoms with Crippen molar-refractivity contribution in [3.05, 3.63) is 0 Å². The maximum atomic E-state index is 12.5. The fraction of sp³-hybridized carbons (Fsp3) is 0.333. The molecule has 1 rings (SSSR count). The number of aliphatic imine (C=N–C) groups is 1. The number of nitrogens with zero attached hydrogens (tertiary/aromatic N) is 1. The summed E-state index contributed by atoms with van der Waals surface area (Å²) in [6, 6.07) is 0. The summed E-state index contributed by atoms with van der Waals surface area (Å²) in [7, 11) is 0. The SMILES string of the molecule is NC(=O)CC1=NC(=O)C(F)C(=O)N1. The molecule has 1 atom stereocenters. The van der Waals surface area contributed by atoms with Crippen molar-refractivity contribution in [3.8, 4) is 0 Å². The van der Waals surface area contributed by atoms with E-state index in [0.717, 1.165) is 0 Å². The molecule has 1 aliphatic rings. The van der Waals surface area contributed by atoms with Crippen LogP contribution < -0.4 is 11.1 Å². The van der Waals surface area contributed by atoms with Crippen LogP contribution in [0.15, 0.2) is 4.99 Å². The third kappa shape index (κ3) is 2.08. The topological polar surface area (TPSA) is 102 Å². The summed E-state index contributed by atoms with van der Waals surface area (Å²) in [6.45, 7) is 0. The van der Waals surface area contributed by atoms with Crippen LogP contribution in [0.2, 0.25) is 0 Å². The minimum atomic E-state index is -2.28. The molecule has 1 aliphatic heterocycles. The van der Waals surface area contributed by atoms with Gasteiger partial charge in [0.1, 0.15) is 5.84 Å². The number of primary amides is 1. The van der Waals surface area contributed by atoms with E-state index in [4.69, 9.17) is 5.73 Å². The van der Waals surface area contributed by atoms with Gasteiger partial charge in [-0.05, 0) is 0 Å². The lowest BCUT2D eigenvalue weighted by Crippen LogP contribution is -2.46. The Kier molecular flexibility index (Phi) is 2.36. The normalized spacial score (nSPS) is 22.2. The van der Waals surface area contributed by atoms with E-state index in [1.807, 2.05) is 5.32 Å². The quantitative estimate of drug-likeness (QED) is 0.501. The number of nitrogens with two attached hydrogens (primary N) is 1. The number of alkyl halides is 1. The zero-order chi connectivity index (χ0) is 10.0. The monoisotopic (exact) mass is 187 g/mol. The van der Waals surface area contributed by atoms with Crippen molar-refractivity contribution in [1.29, 1.82) is 0 Å². The minimum Gasteiger partial charge on any atom is -0.369 e. The predicted molar refractivity (Wildman–Crippen MR) is 39.3 cm³/mol. The second-order valence-electron chi connectivity index (χ2n) is 2.39. The fourth-order valence-corrected chi connectivity index (χ4v) is 0.784. The summed E-state index contributed by atoms with van der Waals surface area (Å²) in [5, 5.41) is 1.94. The van der Waals surface area contributed by atoms with Crippen LogP contribution in [0.1, 0.15) is 6.42 Å². The average molecular weight is 187 g/mol. The highest BCUT2D eigenvalue weighted by Crippen LogP contribution is 2.02. The van der Waals surface area contributed by atoms with Crippen molar-refractivity contribution >= 4 is 23.6 Å². The lowest BCUT2D eigenvalue weighted by atomic mass is 10.2. The van der Waals surface area contributed by atoms with Crippen LogP contribution in [0.3, 0.4) is 0 Å². The van der Waals surface area contributed by atoms with Crippen molar-refractivity contribution in [1.82, 2.24) is 5.32 Å². The molecular formula is C6H6FN3O3. The van der Waals surface area contributed by atoms with Gasteiger partial charge in [0.25, 0.3) is 18.0 Å². The summed E-state index contributed by atoms with van der Waals surface area (Å²) in [5.41, 5.74) is 4.77. The number of nitrogens with one attached hydrogen (secondary N) is 1. The molecule has 0 spiro atoms. The molecule has 0 aromatic heterocycles. The molecule has 1 heterocycles. The number of halogens is 1. The Morgan fingerprint density at radius 2 is 2.23 bits per heavy atom. The number of amidine groups is 1. The van der Waals surface area contributed by atoms with Gasteiger partial charge in [-0.15, -0.1) is 0 Å². The second kappa shape index (κ2) is 3.30. The van der Waals surface area contributed by atoms with Crippen molar-refractivity contribution in [2.75, 3.05) is 0 Å². The van der Waals surface area contributed by atoms with Gasteiger partial charge in [0.05, 0.1) is 6.42 Å². The molecule has 0 saturated carbocycles. The van der Waals surface area contributed by atoms with Crippen LogP contribution >= 0.6 is 0 Å². The minimum absolute atomic E-state index is 0.212. The highest BCUT2D eigenvalue weighted by atomic mass is 19.1. The van der Waals surface area contributed by atoms with Gasteiger partial charge in [-0.2, -0.15) is 4.99 Å². The summed E-state index contributed by atoms with van der Waals surface area (Å²) in [4.78, 5) is 34.7. The van der Waals surface area contributed by atoms with Gasteiger partial charge < -0.3 is 11.1 Å². The van der Waals surface area contributed by atoms with Crippen LogP contribution in [0.5, 0.6) is 0 Å².